The largest absolute Gasteiger partial charge is 0.489 e. The van der Waals surface area contributed by atoms with Crippen LogP contribution in [0.15, 0.2) is 60.7 Å². The summed E-state index contributed by atoms with van der Waals surface area (Å²) in [6.07, 6.45) is 3.28. The first-order chi connectivity index (χ1) is 18.4. The molecular formula is C32H33Cl2F2NO. The summed E-state index contributed by atoms with van der Waals surface area (Å²) in [5, 5.41) is 1.23. The van der Waals surface area contributed by atoms with Gasteiger partial charge in [0.2, 0.25) is 0 Å². The lowest BCUT2D eigenvalue weighted by atomic mass is 9.87. The molecule has 3 aromatic rings. The molecule has 1 heterocycles. The van der Waals surface area contributed by atoms with E-state index in [0.717, 1.165) is 78.9 Å². The topological polar surface area (TPSA) is 12.5 Å². The zero-order valence-electron chi connectivity index (χ0n) is 21.7. The van der Waals surface area contributed by atoms with Crippen LogP contribution in [0.4, 0.5) is 8.78 Å². The number of nitrogens with zero attached hydrogens (tertiary/aromatic N) is 1. The molecule has 1 fully saturated rings. The Kier molecular flexibility index (Phi) is 8.72. The fourth-order valence-corrected chi connectivity index (χ4v) is 6.18. The summed E-state index contributed by atoms with van der Waals surface area (Å²) in [5.41, 5.74) is 7.30. The molecule has 3 aromatic carbocycles. The van der Waals surface area contributed by atoms with E-state index in [2.05, 4.69) is 23.1 Å². The number of alkyl halides is 2. The summed E-state index contributed by atoms with van der Waals surface area (Å²) < 4.78 is 33.0. The summed E-state index contributed by atoms with van der Waals surface area (Å²) >= 11 is 12.9. The molecule has 0 radical (unpaired) electrons. The highest BCUT2D eigenvalue weighted by molar-refractivity contribution is 6.36. The normalized spacial score (nSPS) is 18.8. The Morgan fingerprint density at radius 2 is 1.79 bits per heavy atom. The molecule has 1 saturated heterocycles. The van der Waals surface area contributed by atoms with Crippen molar-refractivity contribution in [1.29, 1.82) is 0 Å². The minimum atomic E-state index is -1.01. The lowest BCUT2D eigenvalue weighted by Gasteiger charge is -2.19. The molecule has 0 saturated carbocycles. The number of hydrogen-bond acceptors (Lipinski definition) is 2. The van der Waals surface area contributed by atoms with Crippen molar-refractivity contribution in [2.24, 2.45) is 0 Å². The zero-order chi connectivity index (χ0) is 26.6. The number of benzene rings is 3. The summed E-state index contributed by atoms with van der Waals surface area (Å²) in [6, 6.07) is 19.9. The van der Waals surface area contributed by atoms with Crippen molar-refractivity contribution < 1.29 is 13.5 Å². The standard InChI is InChI=1S/C32H33Cl2F2NO/c1-21(36)23-8-12-28-24(18-23)4-2-5-30(29-13-9-25(33)19-31(29)34)32(28)22-6-10-26(11-7-22)38-27-14-17-37(20-27)16-3-15-35/h6-13,18-19,21,27H,2-5,14-17,20H2,1H3/t21?,27-/m0/s1. The van der Waals surface area contributed by atoms with Gasteiger partial charge in [0.1, 0.15) is 18.0 Å². The number of halogens is 4. The Balaban J connectivity index is 1.51. The first kappa shape index (κ1) is 27.2. The second-order valence-corrected chi connectivity index (χ2v) is 11.1. The first-order valence-electron chi connectivity index (χ1n) is 13.4. The summed E-state index contributed by atoms with van der Waals surface area (Å²) in [5.74, 6) is 0.827. The second kappa shape index (κ2) is 12.2. The van der Waals surface area contributed by atoms with Crippen LogP contribution in [0, 0.1) is 0 Å². The van der Waals surface area contributed by atoms with Gasteiger partial charge in [-0.2, -0.15) is 0 Å². The van der Waals surface area contributed by atoms with Crippen LogP contribution in [-0.2, 0) is 6.42 Å². The van der Waals surface area contributed by atoms with Crippen LogP contribution >= 0.6 is 23.2 Å². The van der Waals surface area contributed by atoms with Crippen molar-refractivity contribution in [3.8, 4) is 5.75 Å². The van der Waals surface area contributed by atoms with Gasteiger partial charge in [0.05, 0.1) is 6.67 Å². The Morgan fingerprint density at radius 3 is 2.53 bits per heavy atom. The third-order valence-electron chi connectivity index (χ3n) is 7.57. The van der Waals surface area contributed by atoms with Gasteiger partial charge in [-0.3, -0.25) is 9.29 Å². The van der Waals surface area contributed by atoms with E-state index in [9.17, 15) is 8.78 Å². The smallest absolute Gasteiger partial charge is 0.122 e. The Hall–Kier alpha value is -2.40. The van der Waals surface area contributed by atoms with Crippen LogP contribution in [0.3, 0.4) is 0 Å². The number of hydrogen-bond donors (Lipinski definition) is 0. The van der Waals surface area contributed by atoms with Crippen molar-refractivity contribution in [2.75, 3.05) is 26.3 Å². The Morgan fingerprint density at radius 1 is 1.00 bits per heavy atom. The fourth-order valence-electron chi connectivity index (χ4n) is 5.66. The van der Waals surface area contributed by atoms with Gasteiger partial charge < -0.3 is 4.74 Å². The number of likely N-dealkylation sites (tertiary alicyclic amines) is 1. The maximum absolute atomic E-state index is 14.2. The molecule has 200 valence electrons. The van der Waals surface area contributed by atoms with Crippen LogP contribution < -0.4 is 4.74 Å². The van der Waals surface area contributed by atoms with E-state index in [4.69, 9.17) is 27.9 Å². The van der Waals surface area contributed by atoms with E-state index in [1.165, 1.54) is 5.57 Å². The molecule has 2 nitrogen and oxygen atoms in total. The molecule has 0 amide bonds. The predicted molar refractivity (Wildman–Crippen MR) is 154 cm³/mol. The van der Waals surface area contributed by atoms with Gasteiger partial charge in [-0.1, -0.05) is 59.6 Å². The highest BCUT2D eigenvalue weighted by atomic mass is 35.5. The lowest BCUT2D eigenvalue weighted by Crippen LogP contribution is -2.26. The highest BCUT2D eigenvalue weighted by Gasteiger charge is 2.25. The zero-order valence-corrected chi connectivity index (χ0v) is 23.2. The minimum absolute atomic E-state index is 0.114. The van der Waals surface area contributed by atoms with E-state index < -0.39 is 6.17 Å². The molecule has 0 spiro atoms. The SMILES string of the molecule is CC(F)c1ccc2c(c1)CCCC(c1ccc(Cl)cc1Cl)=C2c1ccc(O[C@H]2CCN(CCCF)C2)cc1. The molecule has 5 rings (SSSR count). The van der Waals surface area contributed by atoms with Gasteiger partial charge in [-0.25, -0.2) is 4.39 Å². The summed E-state index contributed by atoms with van der Waals surface area (Å²) in [6.45, 7) is 3.85. The second-order valence-electron chi connectivity index (χ2n) is 10.3. The first-order valence-corrected chi connectivity index (χ1v) is 14.2. The van der Waals surface area contributed by atoms with Crippen molar-refractivity contribution >= 4 is 34.3 Å². The molecule has 1 unspecified atom stereocenters. The van der Waals surface area contributed by atoms with E-state index in [1.807, 2.05) is 36.4 Å². The molecule has 0 aromatic heterocycles. The van der Waals surface area contributed by atoms with Crippen LogP contribution in [0.5, 0.6) is 5.75 Å². The van der Waals surface area contributed by atoms with Gasteiger partial charge >= 0.3 is 0 Å². The van der Waals surface area contributed by atoms with Crippen molar-refractivity contribution in [2.45, 2.75) is 51.3 Å². The summed E-state index contributed by atoms with van der Waals surface area (Å²) in [4.78, 5) is 2.26. The van der Waals surface area contributed by atoms with Crippen molar-refractivity contribution in [3.05, 3.63) is 98.5 Å². The average Bonchev–Trinajstić information content (AvgIpc) is 3.26. The molecule has 38 heavy (non-hydrogen) atoms. The van der Waals surface area contributed by atoms with E-state index in [0.29, 0.717) is 22.0 Å². The quantitative estimate of drug-likeness (QED) is 0.274. The molecule has 0 bridgehead atoms. The molecule has 2 atom stereocenters. The van der Waals surface area contributed by atoms with Crippen LogP contribution in [0.1, 0.15) is 66.6 Å². The third kappa shape index (κ3) is 6.09. The van der Waals surface area contributed by atoms with Crippen molar-refractivity contribution in [1.82, 2.24) is 4.90 Å². The maximum atomic E-state index is 14.2. The number of fused-ring (bicyclic) bond motifs is 1. The van der Waals surface area contributed by atoms with Gasteiger partial charge in [0.25, 0.3) is 0 Å². The van der Waals surface area contributed by atoms with Crippen molar-refractivity contribution in [3.63, 3.8) is 0 Å². The number of allylic oxidation sites excluding steroid dienone is 1. The van der Waals surface area contributed by atoms with E-state index in [-0.39, 0.29) is 12.8 Å². The molecule has 2 aliphatic rings. The molecule has 1 aliphatic heterocycles. The molecular weight excluding hydrogens is 523 g/mol. The van der Waals surface area contributed by atoms with Gasteiger partial charge in [-0.05, 0) is 102 Å². The van der Waals surface area contributed by atoms with Gasteiger partial charge in [0, 0.05) is 29.7 Å². The fraction of sp³-hybridized carbons (Fsp3) is 0.375. The number of aryl methyl sites for hydroxylation is 1. The predicted octanol–water partition coefficient (Wildman–Crippen LogP) is 9.13. The Bertz CT molecular complexity index is 1310. The van der Waals surface area contributed by atoms with Gasteiger partial charge in [0.15, 0.2) is 0 Å². The molecule has 0 N–H and O–H groups in total. The highest BCUT2D eigenvalue weighted by Crippen LogP contribution is 2.43. The molecule has 1 aliphatic carbocycles. The Labute approximate surface area is 234 Å². The maximum Gasteiger partial charge on any atom is 0.122 e. The van der Waals surface area contributed by atoms with Crippen LogP contribution in [0.2, 0.25) is 10.0 Å². The number of ether oxygens (including phenoxy) is 1. The van der Waals surface area contributed by atoms with E-state index in [1.54, 1.807) is 13.0 Å². The monoisotopic (exact) mass is 555 g/mol. The average molecular weight is 557 g/mol. The van der Waals surface area contributed by atoms with Crippen LogP contribution in [-0.4, -0.2) is 37.3 Å². The lowest BCUT2D eigenvalue weighted by molar-refractivity contribution is 0.198. The number of rotatable bonds is 8. The third-order valence-corrected chi connectivity index (χ3v) is 8.12. The van der Waals surface area contributed by atoms with E-state index >= 15 is 0 Å². The summed E-state index contributed by atoms with van der Waals surface area (Å²) in [7, 11) is 0. The molecule has 6 heteroatoms. The van der Waals surface area contributed by atoms with Crippen LogP contribution in [0.25, 0.3) is 11.1 Å². The minimum Gasteiger partial charge on any atom is -0.489 e. The van der Waals surface area contributed by atoms with Gasteiger partial charge in [-0.15, -0.1) is 0 Å².